The molecule has 0 heterocycles. The van der Waals surface area contributed by atoms with Crippen LogP contribution in [0.15, 0.2) is 12.3 Å². The predicted molar refractivity (Wildman–Crippen MR) is 55.5 cm³/mol. The Morgan fingerprint density at radius 3 is 2.08 bits per heavy atom. The van der Waals surface area contributed by atoms with Crippen LogP contribution < -0.4 is 0 Å². The Labute approximate surface area is 81.6 Å². The van der Waals surface area contributed by atoms with Crippen LogP contribution >= 0.6 is 0 Å². The maximum Gasteiger partial charge on any atom is 0.0984 e. The van der Waals surface area contributed by atoms with E-state index in [-0.39, 0.29) is 6.10 Å². The maximum atomic E-state index is 9.18. The van der Waals surface area contributed by atoms with Gasteiger partial charge >= 0.3 is 0 Å². The Kier molecular flexibility index (Phi) is 6.69. The fourth-order valence-corrected chi connectivity index (χ4v) is 1.45. The molecule has 0 aromatic carbocycles. The second-order valence-corrected chi connectivity index (χ2v) is 3.25. The second-order valence-electron chi connectivity index (χ2n) is 3.25. The fourth-order valence-electron chi connectivity index (χ4n) is 1.45. The van der Waals surface area contributed by atoms with Crippen molar-refractivity contribution in [2.24, 2.45) is 0 Å². The predicted octanol–water partition coefficient (Wildman–Crippen LogP) is 2.87. The molecule has 0 aromatic heterocycles. The Morgan fingerprint density at radius 1 is 1.23 bits per heavy atom. The lowest BCUT2D eigenvalue weighted by atomic mass is 9.95. The third kappa shape index (κ3) is 5.69. The Morgan fingerprint density at radius 2 is 1.69 bits per heavy atom. The van der Waals surface area contributed by atoms with Crippen molar-refractivity contribution in [1.82, 2.24) is 0 Å². The van der Waals surface area contributed by atoms with E-state index in [2.05, 4.69) is 6.58 Å². The van der Waals surface area contributed by atoms with Crippen LogP contribution in [0.1, 0.15) is 46.5 Å². The van der Waals surface area contributed by atoms with Crippen molar-refractivity contribution < 1.29 is 9.84 Å². The van der Waals surface area contributed by atoms with Crippen LogP contribution in [0.4, 0.5) is 0 Å². The number of ether oxygens (including phenoxy) is 1. The highest BCUT2D eigenvalue weighted by atomic mass is 16.5. The van der Waals surface area contributed by atoms with E-state index in [9.17, 15) is 5.11 Å². The van der Waals surface area contributed by atoms with Crippen LogP contribution in [0.25, 0.3) is 0 Å². The van der Waals surface area contributed by atoms with Gasteiger partial charge in [0, 0.05) is 0 Å². The lowest BCUT2D eigenvalue weighted by molar-refractivity contribution is 0.0327. The van der Waals surface area contributed by atoms with Crippen LogP contribution in [0.3, 0.4) is 0 Å². The number of aliphatic hydroxyl groups excluding tert-OH is 1. The monoisotopic (exact) mass is 186 g/mol. The smallest absolute Gasteiger partial charge is 0.0984 e. The zero-order chi connectivity index (χ0) is 10.3. The average molecular weight is 186 g/mol. The molecule has 1 aliphatic rings. The first-order valence-corrected chi connectivity index (χ1v) is 5.18. The van der Waals surface area contributed by atoms with Crippen molar-refractivity contribution in [2.45, 2.75) is 58.7 Å². The van der Waals surface area contributed by atoms with Gasteiger partial charge in [-0.3, -0.25) is 0 Å². The van der Waals surface area contributed by atoms with Crippen molar-refractivity contribution in [3.63, 3.8) is 0 Å². The minimum Gasteiger partial charge on any atom is -0.496 e. The summed E-state index contributed by atoms with van der Waals surface area (Å²) in [6.45, 7) is 9.55. The topological polar surface area (TPSA) is 29.5 Å². The number of rotatable bonds is 2. The molecular weight excluding hydrogens is 164 g/mol. The molecule has 1 N–H and O–H groups in total. The molecule has 0 aliphatic heterocycles. The Balaban J connectivity index is 0.000000671. The summed E-state index contributed by atoms with van der Waals surface area (Å²) in [6.07, 6.45) is 3.88. The molecule has 78 valence electrons. The first-order valence-electron chi connectivity index (χ1n) is 5.18. The second kappa shape index (κ2) is 6.96. The van der Waals surface area contributed by atoms with Crippen molar-refractivity contribution in [3.05, 3.63) is 12.3 Å². The zero-order valence-electron chi connectivity index (χ0n) is 9.05. The molecule has 0 spiro atoms. The number of aliphatic hydroxyl groups is 1. The van der Waals surface area contributed by atoms with E-state index in [1.807, 2.05) is 20.8 Å². The van der Waals surface area contributed by atoms with Crippen LogP contribution in [0, 0.1) is 0 Å². The average Bonchev–Trinajstić information content (AvgIpc) is 2.12. The molecule has 1 aliphatic carbocycles. The molecule has 0 aromatic rings. The van der Waals surface area contributed by atoms with E-state index >= 15 is 0 Å². The summed E-state index contributed by atoms with van der Waals surface area (Å²) in [5.74, 6) is 0.784. The molecule has 13 heavy (non-hydrogen) atoms. The van der Waals surface area contributed by atoms with Gasteiger partial charge < -0.3 is 9.84 Å². The van der Waals surface area contributed by atoms with Crippen LogP contribution in [-0.4, -0.2) is 17.3 Å². The summed E-state index contributed by atoms with van der Waals surface area (Å²) in [4.78, 5) is 0. The van der Waals surface area contributed by atoms with Gasteiger partial charge in [0.1, 0.15) is 0 Å². The number of allylic oxidation sites excluding steroid dienone is 1. The number of hydrogen-bond donors (Lipinski definition) is 1. The maximum absolute atomic E-state index is 9.18. The van der Waals surface area contributed by atoms with Crippen molar-refractivity contribution in [2.75, 3.05) is 0 Å². The van der Waals surface area contributed by atoms with Gasteiger partial charge in [0.2, 0.25) is 0 Å². The van der Waals surface area contributed by atoms with Crippen molar-refractivity contribution in [3.8, 4) is 0 Å². The van der Waals surface area contributed by atoms with E-state index in [4.69, 9.17) is 4.74 Å². The summed E-state index contributed by atoms with van der Waals surface area (Å²) in [6, 6.07) is 0. The van der Waals surface area contributed by atoms with Gasteiger partial charge in [-0.15, -0.1) is 0 Å². The Bertz CT molecular complexity index is 135. The highest BCUT2D eigenvalue weighted by Gasteiger charge is 2.19. The summed E-state index contributed by atoms with van der Waals surface area (Å²) in [5.41, 5.74) is 0. The SMILES string of the molecule is C=C(C)OC1CCC(O)CC1.CC. The largest absolute Gasteiger partial charge is 0.496 e. The molecule has 1 saturated carbocycles. The van der Waals surface area contributed by atoms with Gasteiger partial charge in [-0.1, -0.05) is 20.4 Å². The van der Waals surface area contributed by atoms with E-state index in [0.29, 0.717) is 6.10 Å². The minimum absolute atomic E-state index is 0.0972. The molecule has 0 amide bonds. The minimum atomic E-state index is -0.0972. The normalized spacial score (nSPS) is 27.1. The van der Waals surface area contributed by atoms with Crippen LogP contribution in [0.5, 0.6) is 0 Å². The molecular formula is C11H22O2. The van der Waals surface area contributed by atoms with Gasteiger partial charge in [0.05, 0.1) is 18.0 Å². The zero-order valence-corrected chi connectivity index (χ0v) is 9.05. The van der Waals surface area contributed by atoms with Crippen LogP contribution in [-0.2, 0) is 4.74 Å². The summed E-state index contributed by atoms with van der Waals surface area (Å²) in [5, 5.41) is 9.18. The van der Waals surface area contributed by atoms with Gasteiger partial charge in [-0.2, -0.15) is 0 Å². The molecule has 2 heteroatoms. The van der Waals surface area contributed by atoms with Gasteiger partial charge in [0.25, 0.3) is 0 Å². The third-order valence-corrected chi connectivity index (χ3v) is 2.01. The van der Waals surface area contributed by atoms with E-state index in [1.54, 1.807) is 0 Å². The molecule has 0 radical (unpaired) electrons. The van der Waals surface area contributed by atoms with Crippen molar-refractivity contribution in [1.29, 1.82) is 0 Å². The Hall–Kier alpha value is -0.500. The number of hydrogen-bond acceptors (Lipinski definition) is 2. The van der Waals surface area contributed by atoms with Crippen molar-refractivity contribution >= 4 is 0 Å². The molecule has 1 fully saturated rings. The first-order chi connectivity index (χ1) is 6.18. The standard InChI is InChI=1S/C9H16O2.C2H6/c1-7(2)11-9-5-3-8(10)4-6-9;1-2/h8-10H,1,3-6H2,2H3;1-2H3. The fraction of sp³-hybridized carbons (Fsp3) is 0.818. The lowest BCUT2D eigenvalue weighted by Gasteiger charge is -2.26. The van der Waals surface area contributed by atoms with Gasteiger partial charge in [-0.05, 0) is 32.6 Å². The molecule has 1 rings (SSSR count). The van der Waals surface area contributed by atoms with E-state index in [1.165, 1.54) is 0 Å². The van der Waals surface area contributed by atoms with Gasteiger partial charge in [-0.25, -0.2) is 0 Å². The molecule has 0 saturated heterocycles. The van der Waals surface area contributed by atoms with Crippen LogP contribution in [0.2, 0.25) is 0 Å². The molecule has 0 bridgehead atoms. The quantitative estimate of drug-likeness (QED) is 0.672. The summed E-state index contributed by atoms with van der Waals surface area (Å²) in [7, 11) is 0. The van der Waals surface area contributed by atoms with E-state index in [0.717, 1.165) is 31.4 Å². The third-order valence-electron chi connectivity index (χ3n) is 2.01. The summed E-state index contributed by atoms with van der Waals surface area (Å²) < 4.78 is 5.43. The first kappa shape index (κ1) is 12.5. The summed E-state index contributed by atoms with van der Waals surface area (Å²) >= 11 is 0. The van der Waals surface area contributed by atoms with E-state index < -0.39 is 0 Å². The van der Waals surface area contributed by atoms with Gasteiger partial charge in [0.15, 0.2) is 0 Å². The lowest BCUT2D eigenvalue weighted by Crippen LogP contribution is -2.23. The highest BCUT2D eigenvalue weighted by Crippen LogP contribution is 2.22. The molecule has 2 nitrogen and oxygen atoms in total. The molecule has 0 atom stereocenters. The highest BCUT2D eigenvalue weighted by molar-refractivity contribution is 4.80. The molecule has 0 unspecified atom stereocenters.